The molecule has 3 rings (SSSR count). The molecule has 1 heterocycles. The zero-order chi connectivity index (χ0) is 21.7. The third kappa shape index (κ3) is 5.15. The lowest BCUT2D eigenvalue weighted by Crippen LogP contribution is -2.27. The van der Waals surface area contributed by atoms with E-state index in [4.69, 9.17) is 26.4 Å². The number of likely N-dealkylation sites (N-methyl/N-ethyl adjacent to an activating group) is 1. The summed E-state index contributed by atoms with van der Waals surface area (Å²) < 4.78 is 17.7. The van der Waals surface area contributed by atoms with Gasteiger partial charge in [0, 0.05) is 6.54 Å². The number of amides is 1. The average Bonchev–Trinajstić information content (AvgIpc) is 2.99. The van der Waals surface area contributed by atoms with Crippen LogP contribution in [0, 0.1) is 13.8 Å². The monoisotopic (exact) mass is 443 g/mol. The number of thiocarbonyl (C=S) groups is 1. The topological polar surface area (TPSA) is 48.0 Å². The van der Waals surface area contributed by atoms with Crippen LogP contribution < -0.4 is 14.2 Å². The molecule has 2 aromatic rings. The van der Waals surface area contributed by atoms with Crippen LogP contribution in [0.3, 0.4) is 0 Å². The largest absolute Gasteiger partial charge is 0.493 e. The summed E-state index contributed by atoms with van der Waals surface area (Å²) >= 11 is 6.57. The number of carbonyl (C=O) groups excluding carboxylic acids is 1. The van der Waals surface area contributed by atoms with Crippen molar-refractivity contribution in [3.05, 3.63) is 58.0 Å². The summed E-state index contributed by atoms with van der Waals surface area (Å²) in [7, 11) is 1.59. The normalized spacial score (nSPS) is 15.1. The van der Waals surface area contributed by atoms with Gasteiger partial charge >= 0.3 is 0 Å². The third-order valence-corrected chi connectivity index (χ3v) is 5.98. The van der Waals surface area contributed by atoms with Crippen LogP contribution in [0.1, 0.15) is 23.6 Å². The molecule has 30 heavy (non-hydrogen) atoms. The van der Waals surface area contributed by atoms with Crippen LogP contribution in [0.4, 0.5) is 0 Å². The van der Waals surface area contributed by atoms with Gasteiger partial charge in [0.25, 0.3) is 5.91 Å². The van der Waals surface area contributed by atoms with Crippen LogP contribution in [0.2, 0.25) is 0 Å². The van der Waals surface area contributed by atoms with E-state index in [0.29, 0.717) is 40.5 Å². The Morgan fingerprint density at radius 3 is 2.37 bits per heavy atom. The van der Waals surface area contributed by atoms with E-state index in [1.54, 1.807) is 12.0 Å². The number of nitrogens with zero attached hydrogens (tertiary/aromatic N) is 1. The van der Waals surface area contributed by atoms with Crippen molar-refractivity contribution in [3.8, 4) is 17.2 Å². The number of rotatable bonds is 8. The van der Waals surface area contributed by atoms with E-state index < -0.39 is 0 Å². The molecule has 158 valence electrons. The summed E-state index contributed by atoms with van der Waals surface area (Å²) in [5, 5.41) is 0. The Hall–Kier alpha value is -2.51. The zero-order valence-electron chi connectivity index (χ0n) is 17.6. The van der Waals surface area contributed by atoms with E-state index >= 15 is 0 Å². The van der Waals surface area contributed by atoms with Crippen molar-refractivity contribution in [2.45, 2.75) is 20.8 Å². The van der Waals surface area contributed by atoms with Gasteiger partial charge in [-0.05, 0) is 56.2 Å². The quantitative estimate of drug-likeness (QED) is 0.325. The standard InChI is InChI=1S/C23H25NO4S2/c1-5-24-22(25)21(30-23(24)29)14-17-7-9-19(20(13-17)26-4)28-11-10-27-18-8-6-15(2)12-16(18)3/h6-9,12-14H,5,10-11H2,1-4H3/b21-14-. The predicted molar refractivity (Wildman–Crippen MR) is 125 cm³/mol. The van der Waals surface area contributed by atoms with Gasteiger partial charge in [-0.3, -0.25) is 9.69 Å². The Kier molecular flexibility index (Phi) is 7.39. The molecule has 2 aromatic carbocycles. The van der Waals surface area contributed by atoms with Gasteiger partial charge in [0.2, 0.25) is 0 Å². The van der Waals surface area contributed by atoms with E-state index in [9.17, 15) is 4.79 Å². The summed E-state index contributed by atoms with van der Waals surface area (Å²) in [5.74, 6) is 2.02. The predicted octanol–water partition coefficient (Wildman–Crippen LogP) is 4.99. The van der Waals surface area contributed by atoms with Gasteiger partial charge in [-0.2, -0.15) is 0 Å². The lowest BCUT2D eigenvalue weighted by Gasteiger charge is -2.13. The Balaban J connectivity index is 1.62. The van der Waals surface area contributed by atoms with Crippen LogP contribution in [0.15, 0.2) is 41.3 Å². The lowest BCUT2D eigenvalue weighted by molar-refractivity contribution is -0.121. The van der Waals surface area contributed by atoms with E-state index in [0.717, 1.165) is 16.9 Å². The van der Waals surface area contributed by atoms with Crippen molar-refractivity contribution in [2.75, 3.05) is 26.9 Å². The van der Waals surface area contributed by atoms with Gasteiger partial charge in [-0.15, -0.1) is 0 Å². The fourth-order valence-electron chi connectivity index (χ4n) is 3.08. The first-order valence-electron chi connectivity index (χ1n) is 9.69. The minimum atomic E-state index is -0.0599. The SMILES string of the molecule is CCN1C(=O)/C(=C/c2ccc(OCCOc3ccc(C)cc3C)c(OC)c2)SC1=S. The number of hydrogen-bond acceptors (Lipinski definition) is 6. The van der Waals surface area contributed by atoms with E-state index in [2.05, 4.69) is 13.0 Å². The lowest BCUT2D eigenvalue weighted by atomic mass is 10.1. The second-order valence-corrected chi connectivity index (χ2v) is 8.48. The molecule has 1 amide bonds. The molecule has 0 spiro atoms. The van der Waals surface area contributed by atoms with Gasteiger partial charge in [0.1, 0.15) is 23.3 Å². The second kappa shape index (κ2) is 10.00. The second-order valence-electron chi connectivity index (χ2n) is 6.80. The molecule has 0 aromatic heterocycles. The first kappa shape index (κ1) is 22.2. The van der Waals surface area contributed by atoms with Gasteiger partial charge in [0.05, 0.1) is 12.0 Å². The molecule has 0 radical (unpaired) electrons. The van der Waals surface area contributed by atoms with E-state index in [-0.39, 0.29) is 5.91 Å². The molecule has 0 saturated carbocycles. The van der Waals surface area contributed by atoms with Crippen LogP contribution >= 0.6 is 24.0 Å². The zero-order valence-corrected chi connectivity index (χ0v) is 19.2. The molecule has 0 N–H and O–H groups in total. The van der Waals surface area contributed by atoms with Crippen molar-refractivity contribution < 1.29 is 19.0 Å². The van der Waals surface area contributed by atoms with Crippen molar-refractivity contribution in [1.82, 2.24) is 4.90 Å². The number of ether oxygens (including phenoxy) is 3. The molecule has 0 atom stereocenters. The maximum absolute atomic E-state index is 12.4. The number of carbonyl (C=O) groups is 1. The Morgan fingerprint density at radius 1 is 1.03 bits per heavy atom. The molecular weight excluding hydrogens is 418 g/mol. The van der Waals surface area contributed by atoms with E-state index in [1.807, 2.05) is 50.3 Å². The number of thioether (sulfide) groups is 1. The number of hydrogen-bond donors (Lipinski definition) is 0. The molecule has 1 fully saturated rings. The van der Waals surface area contributed by atoms with Crippen LogP contribution in [0.25, 0.3) is 6.08 Å². The molecule has 1 saturated heterocycles. The molecule has 1 aliphatic heterocycles. The minimum Gasteiger partial charge on any atom is -0.493 e. The molecule has 0 bridgehead atoms. The first-order valence-corrected chi connectivity index (χ1v) is 10.9. The number of benzene rings is 2. The summed E-state index contributed by atoms with van der Waals surface area (Å²) in [6, 6.07) is 11.7. The molecule has 0 aliphatic carbocycles. The van der Waals surface area contributed by atoms with Crippen LogP contribution in [-0.2, 0) is 4.79 Å². The summed E-state index contributed by atoms with van der Waals surface area (Å²) in [4.78, 5) is 14.6. The Labute approximate surface area is 187 Å². The minimum absolute atomic E-state index is 0.0599. The van der Waals surface area contributed by atoms with Crippen molar-refractivity contribution in [2.24, 2.45) is 0 Å². The van der Waals surface area contributed by atoms with Gasteiger partial charge in [-0.1, -0.05) is 47.7 Å². The Morgan fingerprint density at radius 2 is 1.73 bits per heavy atom. The molecule has 7 heteroatoms. The highest BCUT2D eigenvalue weighted by Gasteiger charge is 2.30. The van der Waals surface area contributed by atoms with Crippen LogP contribution in [0.5, 0.6) is 17.2 Å². The van der Waals surface area contributed by atoms with Gasteiger partial charge < -0.3 is 14.2 Å². The molecule has 0 unspecified atom stereocenters. The highest BCUT2D eigenvalue weighted by molar-refractivity contribution is 8.26. The number of methoxy groups -OCH3 is 1. The molecule has 5 nitrogen and oxygen atoms in total. The fraction of sp³-hybridized carbons (Fsp3) is 0.304. The van der Waals surface area contributed by atoms with Gasteiger partial charge in [0.15, 0.2) is 11.5 Å². The van der Waals surface area contributed by atoms with Crippen molar-refractivity contribution in [1.29, 1.82) is 0 Å². The van der Waals surface area contributed by atoms with Gasteiger partial charge in [-0.25, -0.2) is 0 Å². The fourth-order valence-corrected chi connectivity index (χ4v) is 4.47. The first-order chi connectivity index (χ1) is 14.4. The number of aryl methyl sites for hydroxylation is 2. The summed E-state index contributed by atoms with van der Waals surface area (Å²) in [6.07, 6.45) is 1.82. The Bertz CT molecular complexity index is 987. The average molecular weight is 444 g/mol. The highest BCUT2D eigenvalue weighted by Crippen LogP contribution is 2.34. The summed E-state index contributed by atoms with van der Waals surface area (Å²) in [5.41, 5.74) is 3.16. The maximum atomic E-state index is 12.4. The highest BCUT2D eigenvalue weighted by atomic mass is 32.2. The molecular formula is C23H25NO4S2. The smallest absolute Gasteiger partial charge is 0.266 e. The summed E-state index contributed by atoms with van der Waals surface area (Å²) in [6.45, 7) is 7.38. The van der Waals surface area contributed by atoms with Crippen LogP contribution in [-0.4, -0.2) is 42.0 Å². The maximum Gasteiger partial charge on any atom is 0.266 e. The van der Waals surface area contributed by atoms with E-state index in [1.165, 1.54) is 17.3 Å². The van der Waals surface area contributed by atoms with Crippen molar-refractivity contribution >= 4 is 40.3 Å². The van der Waals surface area contributed by atoms with Crippen molar-refractivity contribution in [3.63, 3.8) is 0 Å². The third-order valence-electron chi connectivity index (χ3n) is 4.60. The molecule has 1 aliphatic rings.